The lowest BCUT2D eigenvalue weighted by Gasteiger charge is -2.18. The van der Waals surface area contributed by atoms with Crippen LogP contribution < -0.4 is 0 Å². The quantitative estimate of drug-likeness (QED) is 0.528. The molecule has 1 rings (SSSR count). The molecule has 1 aliphatic carbocycles. The number of carbonyl (C=O) groups is 3. The maximum Gasteiger partial charge on any atom is 0.306 e. The summed E-state index contributed by atoms with van der Waals surface area (Å²) in [6, 6.07) is 0. The van der Waals surface area contributed by atoms with Crippen molar-refractivity contribution in [1.82, 2.24) is 0 Å². The van der Waals surface area contributed by atoms with Crippen LogP contribution in [0.1, 0.15) is 45.4 Å². The molecule has 4 heteroatoms. The van der Waals surface area contributed by atoms with Crippen molar-refractivity contribution in [2.24, 2.45) is 5.92 Å². The van der Waals surface area contributed by atoms with Gasteiger partial charge in [-0.15, -0.1) is 0 Å². The van der Waals surface area contributed by atoms with E-state index in [1.165, 1.54) is 0 Å². The fourth-order valence-corrected chi connectivity index (χ4v) is 1.96. The smallest absolute Gasteiger partial charge is 0.306 e. The predicted molar refractivity (Wildman–Crippen MR) is 57.8 cm³/mol. The van der Waals surface area contributed by atoms with Crippen LogP contribution in [0.4, 0.5) is 0 Å². The lowest BCUT2D eigenvalue weighted by molar-refractivity contribution is -0.145. The third kappa shape index (κ3) is 3.76. The zero-order valence-electron chi connectivity index (χ0n) is 9.66. The summed E-state index contributed by atoms with van der Waals surface area (Å²) in [7, 11) is 0. The SMILES string of the molecule is CCOC(=O)CCC(=O)C1CCCCC1=O. The van der Waals surface area contributed by atoms with Crippen LogP contribution >= 0.6 is 0 Å². The molecule has 0 heterocycles. The van der Waals surface area contributed by atoms with Crippen LogP contribution in [-0.2, 0) is 19.1 Å². The first-order valence-electron chi connectivity index (χ1n) is 5.86. The molecule has 0 aromatic heterocycles. The summed E-state index contributed by atoms with van der Waals surface area (Å²) in [5, 5.41) is 0. The summed E-state index contributed by atoms with van der Waals surface area (Å²) in [6.45, 7) is 2.06. The molecule has 16 heavy (non-hydrogen) atoms. The van der Waals surface area contributed by atoms with Gasteiger partial charge in [-0.25, -0.2) is 0 Å². The highest BCUT2D eigenvalue weighted by molar-refractivity contribution is 6.03. The van der Waals surface area contributed by atoms with E-state index in [1.807, 2.05) is 0 Å². The Morgan fingerprint density at radius 2 is 2.06 bits per heavy atom. The average molecular weight is 226 g/mol. The minimum Gasteiger partial charge on any atom is -0.466 e. The van der Waals surface area contributed by atoms with Gasteiger partial charge < -0.3 is 4.74 Å². The Hall–Kier alpha value is -1.19. The van der Waals surface area contributed by atoms with Gasteiger partial charge in [0.05, 0.1) is 18.9 Å². The van der Waals surface area contributed by atoms with E-state index in [0.717, 1.165) is 12.8 Å². The van der Waals surface area contributed by atoms with Crippen LogP contribution in [0.3, 0.4) is 0 Å². The molecule has 4 nitrogen and oxygen atoms in total. The highest BCUT2D eigenvalue weighted by Crippen LogP contribution is 2.22. The van der Waals surface area contributed by atoms with E-state index in [0.29, 0.717) is 19.4 Å². The molecule has 0 bridgehead atoms. The van der Waals surface area contributed by atoms with Gasteiger partial charge in [-0.05, 0) is 19.8 Å². The second-order valence-electron chi connectivity index (χ2n) is 4.04. The fourth-order valence-electron chi connectivity index (χ4n) is 1.96. The third-order valence-electron chi connectivity index (χ3n) is 2.82. The number of ether oxygens (including phenoxy) is 1. The van der Waals surface area contributed by atoms with E-state index < -0.39 is 5.92 Å². The normalized spacial score (nSPS) is 20.6. The fraction of sp³-hybridized carbons (Fsp3) is 0.750. The van der Waals surface area contributed by atoms with Crippen molar-refractivity contribution in [2.75, 3.05) is 6.61 Å². The number of hydrogen-bond acceptors (Lipinski definition) is 4. The van der Waals surface area contributed by atoms with Crippen LogP contribution in [0.5, 0.6) is 0 Å². The van der Waals surface area contributed by atoms with E-state index in [1.54, 1.807) is 6.92 Å². The van der Waals surface area contributed by atoms with Crippen molar-refractivity contribution in [1.29, 1.82) is 0 Å². The lowest BCUT2D eigenvalue weighted by atomic mass is 9.84. The number of rotatable bonds is 5. The lowest BCUT2D eigenvalue weighted by Crippen LogP contribution is -2.27. The molecule has 0 saturated heterocycles. The van der Waals surface area contributed by atoms with Gasteiger partial charge in [-0.1, -0.05) is 6.42 Å². The summed E-state index contributed by atoms with van der Waals surface area (Å²) >= 11 is 0. The van der Waals surface area contributed by atoms with Gasteiger partial charge in [0, 0.05) is 12.8 Å². The molecule has 1 saturated carbocycles. The summed E-state index contributed by atoms with van der Waals surface area (Å²) in [6.07, 6.45) is 3.21. The zero-order valence-corrected chi connectivity index (χ0v) is 9.66. The minimum atomic E-state index is -0.455. The van der Waals surface area contributed by atoms with E-state index in [-0.39, 0.29) is 30.4 Å². The second-order valence-corrected chi connectivity index (χ2v) is 4.04. The van der Waals surface area contributed by atoms with Crippen molar-refractivity contribution < 1.29 is 19.1 Å². The second kappa shape index (κ2) is 6.40. The molecule has 1 atom stereocenters. The van der Waals surface area contributed by atoms with Gasteiger partial charge in [0.1, 0.15) is 11.6 Å². The highest BCUT2D eigenvalue weighted by atomic mass is 16.5. The molecule has 0 amide bonds. The molecule has 0 radical (unpaired) electrons. The molecule has 0 aromatic carbocycles. The van der Waals surface area contributed by atoms with Crippen molar-refractivity contribution in [3.63, 3.8) is 0 Å². The molecular formula is C12H18O4. The van der Waals surface area contributed by atoms with Gasteiger partial charge in [-0.2, -0.15) is 0 Å². The van der Waals surface area contributed by atoms with Crippen LogP contribution in [0.25, 0.3) is 0 Å². The highest BCUT2D eigenvalue weighted by Gasteiger charge is 2.28. The molecule has 90 valence electrons. The van der Waals surface area contributed by atoms with Crippen molar-refractivity contribution in [3.05, 3.63) is 0 Å². The van der Waals surface area contributed by atoms with E-state index >= 15 is 0 Å². The molecule has 1 fully saturated rings. The monoisotopic (exact) mass is 226 g/mol. The molecule has 1 aliphatic rings. The van der Waals surface area contributed by atoms with E-state index in [4.69, 9.17) is 4.74 Å². The summed E-state index contributed by atoms with van der Waals surface area (Å²) in [5.41, 5.74) is 0. The molecule has 1 unspecified atom stereocenters. The van der Waals surface area contributed by atoms with Crippen molar-refractivity contribution in [3.8, 4) is 0 Å². The maximum atomic E-state index is 11.7. The standard InChI is InChI=1S/C12H18O4/c1-2-16-12(15)8-7-11(14)9-5-3-4-6-10(9)13/h9H,2-8H2,1H3. The maximum absolute atomic E-state index is 11.7. The Morgan fingerprint density at radius 1 is 1.31 bits per heavy atom. The first kappa shape index (κ1) is 12.9. The first-order chi connectivity index (χ1) is 7.65. The molecular weight excluding hydrogens is 208 g/mol. The number of Topliss-reactive ketones (excluding diaryl/α,β-unsaturated/α-hetero) is 2. The van der Waals surface area contributed by atoms with Gasteiger partial charge in [-0.3, -0.25) is 14.4 Å². The van der Waals surface area contributed by atoms with Gasteiger partial charge >= 0.3 is 5.97 Å². The molecule has 0 aromatic rings. The van der Waals surface area contributed by atoms with Gasteiger partial charge in [0.25, 0.3) is 0 Å². The minimum absolute atomic E-state index is 0.0418. The van der Waals surface area contributed by atoms with Gasteiger partial charge in [0.2, 0.25) is 0 Å². The van der Waals surface area contributed by atoms with Crippen LogP contribution in [0.15, 0.2) is 0 Å². The molecule has 0 N–H and O–H groups in total. The summed E-state index contributed by atoms with van der Waals surface area (Å²) in [4.78, 5) is 34.2. The van der Waals surface area contributed by atoms with Crippen molar-refractivity contribution in [2.45, 2.75) is 45.4 Å². The van der Waals surface area contributed by atoms with Crippen LogP contribution in [-0.4, -0.2) is 24.1 Å². The largest absolute Gasteiger partial charge is 0.466 e. The summed E-state index contributed by atoms with van der Waals surface area (Å²) in [5.74, 6) is -0.875. The molecule has 0 spiro atoms. The zero-order chi connectivity index (χ0) is 12.0. The Bertz CT molecular complexity index is 283. The van der Waals surface area contributed by atoms with Crippen LogP contribution in [0, 0.1) is 5.92 Å². The Balaban J connectivity index is 2.33. The van der Waals surface area contributed by atoms with Crippen molar-refractivity contribution >= 4 is 17.5 Å². The van der Waals surface area contributed by atoms with E-state index in [2.05, 4.69) is 0 Å². The summed E-state index contributed by atoms with van der Waals surface area (Å²) < 4.78 is 4.73. The van der Waals surface area contributed by atoms with Crippen LogP contribution in [0.2, 0.25) is 0 Å². The Morgan fingerprint density at radius 3 is 2.69 bits per heavy atom. The van der Waals surface area contributed by atoms with E-state index in [9.17, 15) is 14.4 Å². The first-order valence-corrected chi connectivity index (χ1v) is 5.86. The Labute approximate surface area is 95.3 Å². The Kier molecular flexibility index (Phi) is 5.15. The number of ketones is 2. The number of hydrogen-bond donors (Lipinski definition) is 0. The predicted octanol–water partition coefficient (Wildman–Crippen LogP) is 1.66. The number of esters is 1. The third-order valence-corrected chi connectivity index (χ3v) is 2.82. The number of carbonyl (C=O) groups excluding carboxylic acids is 3. The topological polar surface area (TPSA) is 60.4 Å². The molecule has 0 aliphatic heterocycles. The van der Waals surface area contributed by atoms with Gasteiger partial charge in [0.15, 0.2) is 0 Å². The average Bonchev–Trinajstić information content (AvgIpc) is 2.27.